The third-order valence-electron chi connectivity index (χ3n) is 2.13. The fourth-order valence-electron chi connectivity index (χ4n) is 1.41. The van der Waals surface area contributed by atoms with Crippen molar-refractivity contribution in [2.45, 2.75) is 5.92 Å². The summed E-state index contributed by atoms with van der Waals surface area (Å²) in [5.74, 6) is 0.313. The summed E-state index contributed by atoms with van der Waals surface area (Å²) in [6.07, 6.45) is 3.72. The first-order valence-corrected chi connectivity index (χ1v) is 4.18. The van der Waals surface area contributed by atoms with Crippen LogP contribution >= 0.6 is 0 Å². The second-order valence-electron chi connectivity index (χ2n) is 3.01. The van der Waals surface area contributed by atoms with E-state index in [2.05, 4.69) is 6.07 Å². The van der Waals surface area contributed by atoms with Crippen molar-refractivity contribution in [3.05, 3.63) is 47.7 Å². The topological polar surface area (TPSA) is 33.0 Å². The van der Waals surface area contributed by atoms with Gasteiger partial charge in [-0.05, 0) is 23.8 Å². The van der Waals surface area contributed by atoms with Crippen LogP contribution in [0.1, 0.15) is 17.0 Å². The van der Waals surface area contributed by atoms with Gasteiger partial charge in [0.05, 0.1) is 24.5 Å². The van der Waals surface area contributed by atoms with E-state index in [-0.39, 0.29) is 0 Å². The van der Waals surface area contributed by atoms with E-state index in [1.807, 2.05) is 30.3 Å². The van der Waals surface area contributed by atoms with Crippen LogP contribution < -0.4 is 0 Å². The predicted octanol–water partition coefficient (Wildman–Crippen LogP) is 2.19. The predicted molar refractivity (Wildman–Crippen MR) is 49.0 cm³/mol. The number of rotatable bonds is 1. The molecule has 64 valence electrons. The number of hydrogen-bond acceptors (Lipinski definition) is 2. The van der Waals surface area contributed by atoms with Crippen molar-refractivity contribution in [2.75, 3.05) is 6.61 Å². The summed E-state index contributed by atoms with van der Waals surface area (Å²) in [4.78, 5) is 0. The molecule has 1 aliphatic rings. The Morgan fingerprint density at radius 2 is 2.38 bits per heavy atom. The lowest BCUT2D eigenvalue weighted by Gasteiger charge is -2.06. The third-order valence-corrected chi connectivity index (χ3v) is 2.13. The van der Waals surface area contributed by atoms with Gasteiger partial charge in [0, 0.05) is 5.92 Å². The molecule has 2 rings (SSSR count). The Morgan fingerprint density at radius 3 is 3.08 bits per heavy atom. The number of nitriles is 1. The molecule has 0 radical (unpaired) electrons. The zero-order valence-corrected chi connectivity index (χ0v) is 7.10. The van der Waals surface area contributed by atoms with E-state index in [4.69, 9.17) is 10.00 Å². The maximum Gasteiger partial charge on any atom is 0.0991 e. The van der Waals surface area contributed by atoms with Gasteiger partial charge in [0.15, 0.2) is 0 Å². The minimum absolute atomic E-state index is 0.313. The first-order valence-electron chi connectivity index (χ1n) is 4.18. The van der Waals surface area contributed by atoms with Crippen LogP contribution in [0.25, 0.3) is 0 Å². The van der Waals surface area contributed by atoms with Crippen molar-refractivity contribution in [1.29, 1.82) is 5.26 Å². The van der Waals surface area contributed by atoms with Crippen molar-refractivity contribution in [3.63, 3.8) is 0 Å². The van der Waals surface area contributed by atoms with Gasteiger partial charge in [-0.25, -0.2) is 0 Å². The maximum absolute atomic E-state index is 8.71. The molecule has 0 saturated heterocycles. The highest BCUT2D eigenvalue weighted by atomic mass is 16.5. The van der Waals surface area contributed by atoms with Gasteiger partial charge >= 0.3 is 0 Å². The Labute approximate surface area is 77.1 Å². The quantitative estimate of drug-likeness (QED) is 0.648. The van der Waals surface area contributed by atoms with E-state index in [9.17, 15) is 0 Å². The van der Waals surface area contributed by atoms with Crippen LogP contribution in [0.15, 0.2) is 36.6 Å². The van der Waals surface area contributed by atoms with Crippen molar-refractivity contribution in [1.82, 2.24) is 0 Å². The molecule has 0 bridgehead atoms. The van der Waals surface area contributed by atoms with E-state index in [1.165, 1.54) is 0 Å². The van der Waals surface area contributed by atoms with Gasteiger partial charge < -0.3 is 4.74 Å². The molecule has 0 N–H and O–H groups in total. The SMILES string of the molecule is N#Cc1cccc(C2C=COC2)c1. The number of nitrogens with zero attached hydrogens (tertiary/aromatic N) is 1. The molecule has 1 aromatic rings. The minimum atomic E-state index is 0.313. The Hall–Kier alpha value is -1.75. The van der Waals surface area contributed by atoms with Gasteiger partial charge in [-0.2, -0.15) is 5.26 Å². The molecule has 0 spiro atoms. The van der Waals surface area contributed by atoms with Crippen LogP contribution in [-0.2, 0) is 4.74 Å². The molecule has 1 aliphatic heterocycles. The largest absolute Gasteiger partial charge is 0.501 e. The standard InChI is InChI=1S/C11H9NO/c12-7-9-2-1-3-10(6-9)11-4-5-13-8-11/h1-6,11H,8H2. The van der Waals surface area contributed by atoms with Gasteiger partial charge in [0.25, 0.3) is 0 Å². The molecule has 2 nitrogen and oxygen atoms in total. The number of ether oxygens (including phenoxy) is 1. The summed E-state index contributed by atoms with van der Waals surface area (Å²) in [6.45, 7) is 0.689. The highest BCUT2D eigenvalue weighted by Crippen LogP contribution is 2.22. The Kier molecular flexibility index (Phi) is 2.01. The van der Waals surface area contributed by atoms with Gasteiger partial charge in [-0.15, -0.1) is 0 Å². The summed E-state index contributed by atoms with van der Waals surface area (Å²) in [5, 5.41) is 8.71. The normalized spacial score (nSPS) is 19.5. The lowest BCUT2D eigenvalue weighted by Crippen LogP contribution is -1.97. The Morgan fingerprint density at radius 1 is 1.46 bits per heavy atom. The van der Waals surface area contributed by atoms with Crippen LogP contribution in [0, 0.1) is 11.3 Å². The lowest BCUT2D eigenvalue weighted by molar-refractivity contribution is 0.269. The monoisotopic (exact) mass is 171 g/mol. The molecule has 0 amide bonds. The number of benzene rings is 1. The van der Waals surface area contributed by atoms with Crippen molar-refractivity contribution in [3.8, 4) is 6.07 Å². The average Bonchev–Trinajstić information content (AvgIpc) is 2.71. The molecule has 0 aliphatic carbocycles. The molecule has 1 heterocycles. The van der Waals surface area contributed by atoms with Gasteiger partial charge in [-0.3, -0.25) is 0 Å². The van der Waals surface area contributed by atoms with Crippen LogP contribution in [0.3, 0.4) is 0 Å². The van der Waals surface area contributed by atoms with Crippen molar-refractivity contribution in [2.24, 2.45) is 0 Å². The van der Waals surface area contributed by atoms with Crippen LogP contribution in [-0.4, -0.2) is 6.61 Å². The fourth-order valence-corrected chi connectivity index (χ4v) is 1.41. The molecular formula is C11H9NO. The van der Waals surface area contributed by atoms with Crippen molar-refractivity contribution >= 4 is 0 Å². The van der Waals surface area contributed by atoms with Crippen LogP contribution in [0.2, 0.25) is 0 Å². The highest BCUT2D eigenvalue weighted by molar-refractivity contribution is 5.36. The van der Waals surface area contributed by atoms with Crippen LogP contribution in [0.4, 0.5) is 0 Å². The Balaban J connectivity index is 2.30. The van der Waals surface area contributed by atoms with Gasteiger partial charge in [0.1, 0.15) is 0 Å². The molecule has 1 aromatic carbocycles. The van der Waals surface area contributed by atoms with E-state index >= 15 is 0 Å². The highest BCUT2D eigenvalue weighted by Gasteiger charge is 2.12. The molecule has 0 aromatic heterocycles. The van der Waals surface area contributed by atoms with E-state index < -0.39 is 0 Å². The van der Waals surface area contributed by atoms with E-state index in [0.717, 1.165) is 5.56 Å². The molecule has 2 heteroatoms. The van der Waals surface area contributed by atoms with E-state index in [1.54, 1.807) is 6.26 Å². The summed E-state index contributed by atoms with van der Waals surface area (Å²) >= 11 is 0. The zero-order valence-electron chi connectivity index (χ0n) is 7.10. The summed E-state index contributed by atoms with van der Waals surface area (Å²) in [7, 11) is 0. The molecule has 0 fully saturated rings. The summed E-state index contributed by atoms with van der Waals surface area (Å²) < 4.78 is 5.12. The smallest absolute Gasteiger partial charge is 0.0991 e. The van der Waals surface area contributed by atoms with E-state index in [0.29, 0.717) is 18.1 Å². The zero-order chi connectivity index (χ0) is 9.10. The molecule has 1 atom stereocenters. The third kappa shape index (κ3) is 1.54. The summed E-state index contributed by atoms with van der Waals surface area (Å²) in [6, 6.07) is 9.76. The second kappa shape index (κ2) is 3.32. The Bertz CT molecular complexity index is 376. The second-order valence-corrected chi connectivity index (χ2v) is 3.01. The van der Waals surface area contributed by atoms with Crippen molar-refractivity contribution < 1.29 is 4.74 Å². The average molecular weight is 171 g/mol. The minimum Gasteiger partial charge on any atom is -0.501 e. The van der Waals surface area contributed by atoms with Crippen LogP contribution in [0.5, 0.6) is 0 Å². The maximum atomic E-state index is 8.71. The first-order chi connectivity index (χ1) is 6.40. The van der Waals surface area contributed by atoms with Gasteiger partial charge in [0.2, 0.25) is 0 Å². The first kappa shape index (κ1) is 7.88. The lowest BCUT2D eigenvalue weighted by atomic mass is 9.99. The molecule has 1 unspecified atom stereocenters. The van der Waals surface area contributed by atoms with Gasteiger partial charge in [-0.1, -0.05) is 12.1 Å². The number of hydrogen-bond donors (Lipinski definition) is 0. The molecular weight excluding hydrogens is 162 g/mol. The summed E-state index contributed by atoms with van der Waals surface area (Å²) in [5.41, 5.74) is 1.85. The fraction of sp³-hybridized carbons (Fsp3) is 0.182. The molecule has 13 heavy (non-hydrogen) atoms. The molecule has 0 saturated carbocycles.